The number of nitrogens with one attached hydrogen (secondary N) is 1. The maximum absolute atomic E-state index is 3.51. The highest BCUT2D eigenvalue weighted by Crippen LogP contribution is 2.36. The molecule has 2 heteroatoms. The van der Waals surface area contributed by atoms with Crippen molar-refractivity contribution in [3.63, 3.8) is 0 Å². The van der Waals surface area contributed by atoms with Gasteiger partial charge in [-0.15, -0.1) is 0 Å². The molecule has 0 saturated carbocycles. The second kappa shape index (κ2) is 5.26. The molecule has 1 nitrogen and oxygen atoms in total. The summed E-state index contributed by atoms with van der Waals surface area (Å²) in [6.07, 6.45) is 0. The second-order valence-electron chi connectivity index (χ2n) is 6.34. The van der Waals surface area contributed by atoms with Gasteiger partial charge in [-0.25, -0.2) is 0 Å². The second-order valence-corrected chi connectivity index (χ2v) is 7.65. The SMILES string of the molecule is Cc1cc(C(C)(C)C)cc(C)c1C1CNCCS1. The summed E-state index contributed by atoms with van der Waals surface area (Å²) in [6.45, 7) is 13.7. The van der Waals surface area contributed by atoms with Gasteiger partial charge >= 0.3 is 0 Å². The molecule has 1 atom stereocenters. The van der Waals surface area contributed by atoms with Crippen LogP contribution in [0.2, 0.25) is 0 Å². The third-order valence-electron chi connectivity index (χ3n) is 3.71. The highest BCUT2D eigenvalue weighted by Gasteiger charge is 2.22. The first-order valence-corrected chi connectivity index (χ1v) is 7.88. The number of hydrogen-bond acceptors (Lipinski definition) is 2. The fraction of sp³-hybridized carbons (Fsp3) is 0.625. The van der Waals surface area contributed by atoms with E-state index in [4.69, 9.17) is 0 Å². The van der Waals surface area contributed by atoms with Crippen LogP contribution in [0, 0.1) is 13.8 Å². The van der Waals surface area contributed by atoms with Crippen molar-refractivity contribution in [3.05, 3.63) is 34.4 Å². The maximum Gasteiger partial charge on any atom is 0.0427 e. The van der Waals surface area contributed by atoms with Crippen molar-refractivity contribution >= 4 is 11.8 Å². The summed E-state index contributed by atoms with van der Waals surface area (Å²) < 4.78 is 0. The van der Waals surface area contributed by atoms with Crippen LogP contribution in [0.5, 0.6) is 0 Å². The number of aryl methyl sites for hydroxylation is 2. The van der Waals surface area contributed by atoms with Gasteiger partial charge in [0.2, 0.25) is 0 Å². The Bertz CT molecular complexity index is 402. The fourth-order valence-electron chi connectivity index (χ4n) is 2.67. The Balaban J connectivity index is 2.37. The van der Waals surface area contributed by atoms with Crippen molar-refractivity contribution in [2.45, 2.75) is 45.3 Å². The van der Waals surface area contributed by atoms with E-state index >= 15 is 0 Å². The van der Waals surface area contributed by atoms with E-state index in [9.17, 15) is 0 Å². The molecular formula is C16H25NS. The molecule has 0 radical (unpaired) electrons. The van der Waals surface area contributed by atoms with Crippen molar-refractivity contribution in [3.8, 4) is 0 Å². The molecule has 0 spiro atoms. The molecule has 1 aliphatic rings. The number of rotatable bonds is 1. The van der Waals surface area contributed by atoms with Gasteiger partial charge in [-0.2, -0.15) is 11.8 Å². The van der Waals surface area contributed by atoms with Crippen molar-refractivity contribution in [1.82, 2.24) is 5.32 Å². The zero-order valence-electron chi connectivity index (χ0n) is 12.3. The summed E-state index contributed by atoms with van der Waals surface area (Å²) in [4.78, 5) is 0. The van der Waals surface area contributed by atoms with Crippen molar-refractivity contribution in [1.29, 1.82) is 0 Å². The predicted octanol–water partition coefficient (Wildman–Crippen LogP) is 3.98. The van der Waals surface area contributed by atoms with Crippen LogP contribution in [0.3, 0.4) is 0 Å². The summed E-state index contributed by atoms with van der Waals surface area (Å²) in [5.41, 5.74) is 6.17. The van der Waals surface area contributed by atoms with Gasteiger partial charge in [-0.05, 0) is 41.5 Å². The Morgan fingerprint density at radius 2 is 1.78 bits per heavy atom. The lowest BCUT2D eigenvalue weighted by molar-refractivity contribution is 0.588. The molecule has 1 N–H and O–H groups in total. The lowest BCUT2D eigenvalue weighted by atomic mass is 9.83. The number of thioether (sulfide) groups is 1. The molecule has 1 aromatic carbocycles. The quantitative estimate of drug-likeness (QED) is 0.822. The largest absolute Gasteiger partial charge is 0.314 e. The van der Waals surface area contributed by atoms with Gasteiger partial charge in [0.1, 0.15) is 0 Å². The molecule has 0 bridgehead atoms. The van der Waals surface area contributed by atoms with Crippen molar-refractivity contribution in [2.24, 2.45) is 0 Å². The molecule has 18 heavy (non-hydrogen) atoms. The highest BCUT2D eigenvalue weighted by atomic mass is 32.2. The zero-order chi connectivity index (χ0) is 13.3. The normalized spacial score (nSPS) is 21.1. The van der Waals surface area contributed by atoms with Crippen molar-refractivity contribution in [2.75, 3.05) is 18.8 Å². The zero-order valence-corrected chi connectivity index (χ0v) is 13.1. The first-order chi connectivity index (χ1) is 8.39. The average molecular weight is 263 g/mol. The average Bonchev–Trinajstić information content (AvgIpc) is 2.28. The van der Waals surface area contributed by atoms with Crippen LogP contribution in [0.1, 0.15) is 48.3 Å². The van der Waals surface area contributed by atoms with Crippen LogP contribution >= 0.6 is 11.8 Å². The highest BCUT2D eigenvalue weighted by molar-refractivity contribution is 7.99. The van der Waals surface area contributed by atoms with E-state index in [0.29, 0.717) is 5.25 Å². The minimum Gasteiger partial charge on any atom is -0.314 e. The fourth-order valence-corrected chi connectivity index (χ4v) is 3.99. The Kier molecular flexibility index (Phi) is 4.08. The van der Waals surface area contributed by atoms with Gasteiger partial charge in [0.05, 0.1) is 0 Å². The molecular weight excluding hydrogens is 238 g/mol. The van der Waals surface area contributed by atoms with Crippen LogP contribution < -0.4 is 5.32 Å². The van der Waals surface area contributed by atoms with E-state index in [1.54, 1.807) is 5.56 Å². The van der Waals surface area contributed by atoms with Crippen LogP contribution in [0.4, 0.5) is 0 Å². The number of benzene rings is 1. The third-order valence-corrected chi connectivity index (χ3v) is 4.95. The molecule has 0 amide bonds. The van der Waals surface area contributed by atoms with Crippen LogP contribution in [-0.2, 0) is 5.41 Å². The summed E-state index contributed by atoms with van der Waals surface area (Å²) in [5, 5.41) is 4.14. The van der Waals surface area contributed by atoms with E-state index in [1.165, 1.54) is 22.4 Å². The van der Waals surface area contributed by atoms with Gasteiger partial charge in [0.15, 0.2) is 0 Å². The lowest BCUT2D eigenvalue weighted by Crippen LogP contribution is -2.29. The van der Waals surface area contributed by atoms with Crippen LogP contribution in [0.25, 0.3) is 0 Å². The predicted molar refractivity (Wildman–Crippen MR) is 82.7 cm³/mol. The topological polar surface area (TPSA) is 12.0 Å². The third kappa shape index (κ3) is 2.92. The first kappa shape index (κ1) is 14.0. The van der Waals surface area contributed by atoms with E-state index in [1.807, 2.05) is 0 Å². The summed E-state index contributed by atoms with van der Waals surface area (Å²) >= 11 is 2.10. The minimum atomic E-state index is 0.242. The summed E-state index contributed by atoms with van der Waals surface area (Å²) in [5.74, 6) is 1.23. The molecule has 1 aliphatic heterocycles. The first-order valence-electron chi connectivity index (χ1n) is 6.83. The molecule has 100 valence electrons. The Morgan fingerprint density at radius 1 is 1.17 bits per heavy atom. The van der Waals surface area contributed by atoms with Gasteiger partial charge in [0.25, 0.3) is 0 Å². The molecule has 1 saturated heterocycles. The Morgan fingerprint density at radius 3 is 2.22 bits per heavy atom. The molecule has 1 unspecified atom stereocenters. The molecule has 0 aliphatic carbocycles. The van der Waals surface area contributed by atoms with E-state index < -0.39 is 0 Å². The number of hydrogen-bond donors (Lipinski definition) is 1. The Hall–Kier alpha value is -0.470. The Labute approximate surface area is 116 Å². The molecule has 2 rings (SSSR count). The minimum absolute atomic E-state index is 0.242. The van der Waals surface area contributed by atoms with Crippen LogP contribution in [0.15, 0.2) is 12.1 Å². The summed E-state index contributed by atoms with van der Waals surface area (Å²) in [6, 6.07) is 4.77. The van der Waals surface area contributed by atoms with E-state index in [0.717, 1.165) is 13.1 Å². The standard InChI is InChI=1S/C16H25NS/c1-11-8-13(16(3,4)5)9-12(2)15(11)14-10-17-6-7-18-14/h8-9,14,17H,6-7,10H2,1-5H3. The molecule has 1 heterocycles. The molecule has 1 aromatic rings. The summed E-state index contributed by atoms with van der Waals surface area (Å²) in [7, 11) is 0. The monoisotopic (exact) mass is 263 g/mol. The molecule has 0 aromatic heterocycles. The van der Waals surface area contributed by atoms with Gasteiger partial charge < -0.3 is 5.32 Å². The van der Waals surface area contributed by atoms with E-state index in [-0.39, 0.29) is 5.41 Å². The van der Waals surface area contributed by atoms with E-state index in [2.05, 4.69) is 63.8 Å². The smallest absolute Gasteiger partial charge is 0.0427 e. The maximum atomic E-state index is 3.51. The molecule has 1 fully saturated rings. The van der Waals surface area contributed by atoms with Gasteiger partial charge in [-0.3, -0.25) is 0 Å². The van der Waals surface area contributed by atoms with Crippen LogP contribution in [-0.4, -0.2) is 18.8 Å². The van der Waals surface area contributed by atoms with Gasteiger partial charge in [-0.1, -0.05) is 32.9 Å². The lowest BCUT2D eigenvalue weighted by Gasteiger charge is -2.28. The van der Waals surface area contributed by atoms with Crippen molar-refractivity contribution < 1.29 is 0 Å². The van der Waals surface area contributed by atoms with Gasteiger partial charge in [0, 0.05) is 24.1 Å².